The van der Waals surface area contributed by atoms with E-state index in [9.17, 15) is 19.1 Å². The maximum absolute atomic E-state index is 18.0. The van der Waals surface area contributed by atoms with Gasteiger partial charge in [-0.2, -0.15) is 5.10 Å². The summed E-state index contributed by atoms with van der Waals surface area (Å²) >= 11 is 4.18. The number of esters is 1. The number of halogens is 2. The van der Waals surface area contributed by atoms with E-state index in [1.165, 1.54) is 12.1 Å². The number of nitrogens with zero attached hydrogens (tertiary/aromatic N) is 3. The number of alkyl halides is 1. The van der Waals surface area contributed by atoms with Crippen molar-refractivity contribution in [1.82, 2.24) is 14.8 Å². The summed E-state index contributed by atoms with van der Waals surface area (Å²) in [4.78, 5) is 30.0. The molecule has 3 fully saturated rings. The number of carbonyl (C=O) groups excluding carboxylic acids is 2. The summed E-state index contributed by atoms with van der Waals surface area (Å²) in [5.41, 5.74) is -2.52. The molecule has 0 aliphatic heterocycles. The van der Waals surface area contributed by atoms with Crippen molar-refractivity contribution in [3.63, 3.8) is 0 Å². The highest BCUT2D eigenvalue weighted by molar-refractivity contribution is 7.96. The van der Waals surface area contributed by atoms with E-state index in [0.29, 0.717) is 31.4 Å². The molecular formula is C31H31F2N3O5S. The quantitative estimate of drug-likeness (QED) is 0.312. The molecule has 8 nitrogen and oxygen atoms in total. The van der Waals surface area contributed by atoms with Gasteiger partial charge >= 0.3 is 5.97 Å². The van der Waals surface area contributed by atoms with Gasteiger partial charge in [-0.25, -0.2) is 23.2 Å². The number of hydrogen-bond donors (Lipinski definition) is 2. The molecule has 4 aliphatic rings. The van der Waals surface area contributed by atoms with E-state index in [4.69, 9.17) is 9.15 Å². The van der Waals surface area contributed by atoms with Crippen LogP contribution >= 0.6 is 12.6 Å². The smallest absolute Gasteiger partial charge is 0.361 e. The van der Waals surface area contributed by atoms with Crippen molar-refractivity contribution in [3.8, 4) is 5.69 Å². The van der Waals surface area contributed by atoms with Crippen LogP contribution in [-0.2, 0) is 16.0 Å². The van der Waals surface area contributed by atoms with E-state index in [2.05, 4.69) is 22.7 Å². The van der Waals surface area contributed by atoms with Crippen LogP contribution in [0.1, 0.15) is 67.7 Å². The lowest BCUT2D eigenvalue weighted by atomic mass is 9.44. The Morgan fingerprint density at radius 3 is 2.64 bits per heavy atom. The molecule has 42 heavy (non-hydrogen) atoms. The Labute approximate surface area is 246 Å². The molecule has 7 atom stereocenters. The van der Waals surface area contributed by atoms with Crippen molar-refractivity contribution in [2.24, 2.45) is 22.7 Å². The maximum Gasteiger partial charge on any atom is 0.361 e. The Morgan fingerprint density at radius 1 is 1.19 bits per heavy atom. The number of hydrogen-bond acceptors (Lipinski definition) is 7. The third-order valence-electron chi connectivity index (χ3n) is 11.0. The second-order valence-electron chi connectivity index (χ2n) is 12.7. The molecule has 2 heterocycles. The molecule has 7 rings (SSSR count). The molecule has 1 N–H and O–H groups in total. The molecular weight excluding hydrogens is 564 g/mol. The number of rotatable bonds is 4. The second kappa shape index (κ2) is 9.09. The van der Waals surface area contributed by atoms with Gasteiger partial charge in [0, 0.05) is 16.7 Å². The number of aromatic nitrogens is 3. The van der Waals surface area contributed by atoms with Crippen LogP contribution in [0.25, 0.3) is 11.8 Å². The summed E-state index contributed by atoms with van der Waals surface area (Å²) < 4.78 is 44.1. The lowest BCUT2D eigenvalue weighted by molar-refractivity contribution is -0.222. The summed E-state index contributed by atoms with van der Waals surface area (Å²) in [5, 5.41) is 15.7. The van der Waals surface area contributed by atoms with E-state index in [1.54, 1.807) is 23.0 Å². The number of thiol groups is 1. The molecule has 0 radical (unpaired) electrons. The molecule has 0 amide bonds. The number of allylic oxidation sites excluding steroid dienone is 1. The van der Waals surface area contributed by atoms with E-state index < -0.39 is 45.2 Å². The highest BCUT2D eigenvalue weighted by Crippen LogP contribution is 2.71. The fourth-order valence-electron chi connectivity index (χ4n) is 8.92. The number of benzene rings is 1. The monoisotopic (exact) mass is 595 g/mol. The first-order chi connectivity index (χ1) is 19.9. The molecule has 0 saturated heterocycles. The highest BCUT2D eigenvalue weighted by Gasteiger charge is 2.75. The lowest BCUT2D eigenvalue weighted by Gasteiger charge is -2.63. The molecule has 220 valence electrons. The molecule has 11 heteroatoms. The van der Waals surface area contributed by atoms with Gasteiger partial charge in [0.25, 0.3) is 0 Å². The lowest BCUT2D eigenvalue weighted by Crippen LogP contribution is -2.70. The van der Waals surface area contributed by atoms with Gasteiger partial charge in [-0.3, -0.25) is 4.79 Å². The summed E-state index contributed by atoms with van der Waals surface area (Å²) in [6.07, 6.45) is 6.44. The fraction of sp³-hybridized carbons (Fsp3) is 0.484. The normalized spacial score (nSPS) is 36.7. The molecule has 3 saturated carbocycles. The molecule has 3 aromatic rings. The van der Waals surface area contributed by atoms with Crippen LogP contribution in [0.3, 0.4) is 0 Å². The van der Waals surface area contributed by atoms with Gasteiger partial charge in [0.05, 0.1) is 23.7 Å². The van der Waals surface area contributed by atoms with Crippen molar-refractivity contribution >= 4 is 29.8 Å². The van der Waals surface area contributed by atoms with Crippen molar-refractivity contribution < 1.29 is 32.6 Å². The SMILES string of the molecule is C[C@]12Cc3cnn(-c4ccc(F)cc4)c3C=C1CC[C@H]1[C@@H]3CC[C@](OC(=O)c4cocn4)(C(=O)S)[C@@]3(C)C[C@H](O)[C@@]12F. The van der Waals surface area contributed by atoms with Crippen LogP contribution in [0, 0.1) is 28.5 Å². The number of carbonyl (C=O) groups is 2. The van der Waals surface area contributed by atoms with Crippen LogP contribution in [0.2, 0.25) is 0 Å². The summed E-state index contributed by atoms with van der Waals surface area (Å²) in [5.74, 6) is -2.08. The first kappa shape index (κ1) is 27.5. The maximum atomic E-state index is 18.0. The number of oxazole rings is 1. The van der Waals surface area contributed by atoms with E-state index in [-0.39, 0.29) is 30.3 Å². The van der Waals surface area contributed by atoms with Crippen molar-refractivity contribution in [1.29, 1.82) is 0 Å². The molecule has 0 spiro atoms. The number of fused-ring (bicyclic) bond motifs is 6. The van der Waals surface area contributed by atoms with E-state index >= 15 is 4.39 Å². The Morgan fingerprint density at radius 2 is 1.95 bits per heavy atom. The Bertz CT molecular complexity index is 1620. The van der Waals surface area contributed by atoms with Crippen molar-refractivity contribution in [2.45, 2.75) is 69.7 Å². The topological polar surface area (TPSA) is 107 Å². The minimum atomic E-state index is -2.00. The Balaban J connectivity index is 1.26. The van der Waals surface area contributed by atoms with Gasteiger partial charge in [0.2, 0.25) is 5.12 Å². The summed E-state index contributed by atoms with van der Waals surface area (Å²) in [6.45, 7) is 3.70. The van der Waals surface area contributed by atoms with Gasteiger partial charge in [-0.15, -0.1) is 12.6 Å². The predicted molar refractivity (Wildman–Crippen MR) is 150 cm³/mol. The Hall–Kier alpha value is -3.31. The van der Waals surface area contributed by atoms with Gasteiger partial charge in [-0.05, 0) is 80.3 Å². The van der Waals surface area contributed by atoms with Gasteiger partial charge in [0.15, 0.2) is 17.7 Å². The van der Waals surface area contributed by atoms with Crippen LogP contribution in [-0.4, -0.2) is 48.3 Å². The second-order valence-corrected chi connectivity index (χ2v) is 13.1. The standard InChI is InChI=1S/C31H31F2N3O5S/c1-28-12-17-14-35-36(20-6-4-19(32)5-7-20)24(17)11-18(28)3-8-22-21-9-10-30(27(39)42,41-26(38)23-15-40-16-34-23)29(21,2)13-25(37)31(22,28)33/h4-7,11,14-16,21-22,25,37H,3,8-10,12-13H2,1-2H3,(H,39,42)/t21-,22-,25-,28-,29-,30-,31-/m0/s1. The summed E-state index contributed by atoms with van der Waals surface area (Å²) in [7, 11) is 0. The third kappa shape index (κ3) is 3.43. The van der Waals surface area contributed by atoms with Crippen LogP contribution < -0.4 is 0 Å². The zero-order chi connectivity index (χ0) is 29.7. The summed E-state index contributed by atoms with van der Waals surface area (Å²) in [6, 6.07) is 6.05. The third-order valence-corrected chi connectivity index (χ3v) is 11.4. The predicted octanol–water partition coefficient (Wildman–Crippen LogP) is 5.30. The largest absolute Gasteiger partial charge is 0.451 e. The molecule has 0 bridgehead atoms. The zero-order valence-corrected chi connectivity index (χ0v) is 24.1. The average Bonchev–Trinajstić information content (AvgIpc) is 3.68. The van der Waals surface area contributed by atoms with E-state index in [0.717, 1.165) is 29.5 Å². The van der Waals surface area contributed by atoms with Gasteiger partial charge in [0.1, 0.15) is 17.7 Å². The minimum Gasteiger partial charge on any atom is -0.451 e. The first-order valence-electron chi connectivity index (χ1n) is 14.2. The number of ether oxygens (including phenoxy) is 1. The van der Waals surface area contributed by atoms with E-state index in [1.807, 2.05) is 19.9 Å². The van der Waals surface area contributed by atoms with Gasteiger partial charge in [-0.1, -0.05) is 19.4 Å². The van der Waals surface area contributed by atoms with Gasteiger partial charge < -0.3 is 14.3 Å². The van der Waals surface area contributed by atoms with Crippen molar-refractivity contribution in [2.75, 3.05) is 0 Å². The molecule has 1 aromatic carbocycles. The number of aliphatic hydroxyl groups excluding tert-OH is 1. The highest BCUT2D eigenvalue weighted by atomic mass is 32.1. The molecule has 0 unspecified atom stereocenters. The Kier molecular flexibility index (Phi) is 5.96. The molecule has 4 aliphatic carbocycles. The van der Waals surface area contributed by atoms with Crippen LogP contribution in [0.4, 0.5) is 8.78 Å². The number of aliphatic hydroxyl groups is 1. The minimum absolute atomic E-state index is 0.0758. The average molecular weight is 596 g/mol. The zero-order valence-electron chi connectivity index (χ0n) is 23.2. The van der Waals surface area contributed by atoms with Crippen LogP contribution in [0.5, 0.6) is 0 Å². The fourth-order valence-corrected chi connectivity index (χ4v) is 9.33. The molecule has 2 aromatic heterocycles. The van der Waals surface area contributed by atoms with Crippen molar-refractivity contribution in [3.05, 3.63) is 71.5 Å². The first-order valence-corrected chi connectivity index (χ1v) is 14.7. The van der Waals surface area contributed by atoms with Crippen LogP contribution in [0.15, 0.2) is 53.1 Å².